The molecular formula is C11H17ClN2O2S. The molecule has 0 bridgehead atoms. The van der Waals surface area contributed by atoms with Crippen LogP contribution in [0.5, 0.6) is 0 Å². The Morgan fingerprint density at radius 3 is 2.71 bits per heavy atom. The third kappa shape index (κ3) is 4.63. The molecule has 0 aliphatic heterocycles. The molecule has 4 nitrogen and oxygen atoms in total. The van der Waals surface area contributed by atoms with Crippen molar-refractivity contribution < 1.29 is 8.42 Å². The van der Waals surface area contributed by atoms with Gasteiger partial charge >= 0.3 is 0 Å². The maximum absolute atomic E-state index is 11.8. The van der Waals surface area contributed by atoms with Crippen molar-refractivity contribution in [2.45, 2.75) is 13.0 Å². The first-order valence-electron chi connectivity index (χ1n) is 5.34. The van der Waals surface area contributed by atoms with Crippen LogP contribution in [-0.2, 0) is 16.6 Å². The van der Waals surface area contributed by atoms with E-state index in [2.05, 4.69) is 0 Å². The first-order chi connectivity index (χ1) is 7.95. The number of sulfonamides is 1. The van der Waals surface area contributed by atoms with Gasteiger partial charge in [0.15, 0.2) is 0 Å². The summed E-state index contributed by atoms with van der Waals surface area (Å²) < 4.78 is 25.0. The summed E-state index contributed by atoms with van der Waals surface area (Å²) >= 11 is 5.84. The molecule has 0 amide bonds. The number of benzene rings is 1. The highest BCUT2D eigenvalue weighted by molar-refractivity contribution is 7.89. The van der Waals surface area contributed by atoms with Crippen LogP contribution in [0.2, 0.25) is 5.02 Å². The van der Waals surface area contributed by atoms with Crippen molar-refractivity contribution in [2.24, 2.45) is 5.73 Å². The van der Waals surface area contributed by atoms with Crippen LogP contribution in [0.25, 0.3) is 0 Å². The molecule has 0 saturated heterocycles. The zero-order valence-electron chi connectivity index (χ0n) is 9.77. The van der Waals surface area contributed by atoms with Crippen molar-refractivity contribution in [3.8, 4) is 0 Å². The van der Waals surface area contributed by atoms with Crippen LogP contribution in [0.1, 0.15) is 12.0 Å². The van der Waals surface area contributed by atoms with Crippen LogP contribution in [0, 0.1) is 0 Å². The number of hydrogen-bond donors (Lipinski definition) is 1. The number of hydrogen-bond acceptors (Lipinski definition) is 3. The highest BCUT2D eigenvalue weighted by Crippen LogP contribution is 2.13. The van der Waals surface area contributed by atoms with E-state index in [9.17, 15) is 8.42 Å². The highest BCUT2D eigenvalue weighted by atomic mass is 35.5. The second kappa shape index (κ2) is 6.35. The summed E-state index contributed by atoms with van der Waals surface area (Å²) in [5, 5.41) is 0.607. The van der Waals surface area contributed by atoms with Gasteiger partial charge < -0.3 is 5.73 Å². The Hall–Kier alpha value is -0.620. The fraction of sp³-hybridized carbons (Fsp3) is 0.455. The van der Waals surface area contributed by atoms with Crippen LogP contribution >= 0.6 is 11.6 Å². The SMILES string of the molecule is CN(Cc1cccc(Cl)c1)S(=O)(=O)CCCN. The Balaban J connectivity index is 2.68. The summed E-state index contributed by atoms with van der Waals surface area (Å²) in [6, 6.07) is 7.17. The highest BCUT2D eigenvalue weighted by Gasteiger charge is 2.17. The summed E-state index contributed by atoms with van der Waals surface area (Å²) in [5.74, 6) is 0.0839. The molecule has 0 aliphatic rings. The van der Waals surface area contributed by atoms with E-state index in [4.69, 9.17) is 17.3 Å². The van der Waals surface area contributed by atoms with Gasteiger partial charge in [-0.3, -0.25) is 0 Å². The normalized spacial score (nSPS) is 12.0. The molecule has 0 radical (unpaired) electrons. The lowest BCUT2D eigenvalue weighted by molar-refractivity contribution is 0.465. The molecule has 1 aromatic rings. The van der Waals surface area contributed by atoms with Crippen LogP contribution in [0.3, 0.4) is 0 Å². The summed E-state index contributed by atoms with van der Waals surface area (Å²) in [6.07, 6.45) is 0.474. The molecule has 0 unspecified atom stereocenters. The fourth-order valence-electron chi connectivity index (χ4n) is 1.41. The zero-order valence-corrected chi connectivity index (χ0v) is 11.3. The summed E-state index contributed by atoms with van der Waals surface area (Å²) in [6.45, 7) is 0.706. The third-order valence-corrected chi connectivity index (χ3v) is 4.49. The van der Waals surface area contributed by atoms with Crippen molar-refractivity contribution in [1.29, 1.82) is 0 Å². The number of halogens is 1. The summed E-state index contributed by atoms with van der Waals surface area (Å²) in [4.78, 5) is 0. The van der Waals surface area contributed by atoms with Crippen molar-refractivity contribution in [3.63, 3.8) is 0 Å². The molecule has 2 N–H and O–H groups in total. The minimum Gasteiger partial charge on any atom is -0.330 e. The molecule has 6 heteroatoms. The standard InChI is InChI=1S/C11H17ClN2O2S/c1-14(17(15,16)7-3-6-13)9-10-4-2-5-11(12)8-10/h2,4-5,8H,3,6-7,9,13H2,1H3. The molecule has 0 aliphatic carbocycles. The van der Waals surface area contributed by atoms with E-state index in [1.165, 1.54) is 4.31 Å². The second-order valence-electron chi connectivity index (χ2n) is 3.84. The van der Waals surface area contributed by atoms with E-state index in [-0.39, 0.29) is 5.75 Å². The maximum atomic E-state index is 11.8. The monoisotopic (exact) mass is 276 g/mol. The van der Waals surface area contributed by atoms with Crippen LogP contribution in [0.4, 0.5) is 0 Å². The lowest BCUT2D eigenvalue weighted by Gasteiger charge is -2.17. The van der Waals surface area contributed by atoms with Gasteiger partial charge in [0.2, 0.25) is 10.0 Å². The molecular weight excluding hydrogens is 260 g/mol. The predicted molar refractivity (Wildman–Crippen MR) is 70.4 cm³/mol. The van der Waals surface area contributed by atoms with Crippen molar-refractivity contribution in [1.82, 2.24) is 4.31 Å². The van der Waals surface area contributed by atoms with Gasteiger partial charge in [-0.25, -0.2) is 12.7 Å². The molecule has 1 rings (SSSR count). The topological polar surface area (TPSA) is 63.4 Å². The third-order valence-electron chi connectivity index (χ3n) is 2.38. The van der Waals surface area contributed by atoms with Gasteiger partial charge in [-0.1, -0.05) is 23.7 Å². The van der Waals surface area contributed by atoms with Crippen molar-refractivity contribution in [2.75, 3.05) is 19.3 Å². The van der Waals surface area contributed by atoms with Gasteiger partial charge in [0.25, 0.3) is 0 Å². The molecule has 0 fully saturated rings. The lowest BCUT2D eigenvalue weighted by Crippen LogP contribution is -2.29. The van der Waals surface area contributed by atoms with Gasteiger partial charge in [0.05, 0.1) is 5.75 Å². The van der Waals surface area contributed by atoms with E-state index in [1.54, 1.807) is 25.2 Å². The Morgan fingerprint density at radius 2 is 2.12 bits per heavy atom. The minimum atomic E-state index is -3.22. The van der Waals surface area contributed by atoms with Crippen LogP contribution in [-0.4, -0.2) is 32.1 Å². The van der Waals surface area contributed by atoms with Gasteiger partial charge in [-0.05, 0) is 30.7 Å². The largest absolute Gasteiger partial charge is 0.330 e. The molecule has 0 spiro atoms. The molecule has 0 atom stereocenters. The number of nitrogens with zero attached hydrogens (tertiary/aromatic N) is 1. The fourth-order valence-corrected chi connectivity index (χ4v) is 2.81. The van der Waals surface area contributed by atoms with Crippen LogP contribution in [0.15, 0.2) is 24.3 Å². The Morgan fingerprint density at radius 1 is 1.41 bits per heavy atom. The van der Waals surface area contributed by atoms with E-state index >= 15 is 0 Å². The van der Waals surface area contributed by atoms with Crippen LogP contribution < -0.4 is 5.73 Å². The average molecular weight is 277 g/mol. The minimum absolute atomic E-state index is 0.0839. The van der Waals surface area contributed by atoms with Gasteiger partial charge in [-0.15, -0.1) is 0 Å². The van der Waals surface area contributed by atoms with Gasteiger partial charge in [0.1, 0.15) is 0 Å². The predicted octanol–water partition coefficient (Wildman–Crippen LogP) is 1.45. The molecule has 96 valence electrons. The number of rotatable bonds is 6. The molecule has 0 aromatic heterocycles. The maximum Gasteiger partial charge on any atom is 0.214 e. The summed E-state index contributed by atoms with van der Waals surface area (Å²) in [7, 11) is -1.66. The second-order valence-corrected chi connectivity index (χ2v) is 6.48. The number of nitrogens with two attached hydrogens (primary N) is 1. The summed E-state index contributed by atoms with van der Waals surface area (Å²) in [5.41, 5.74) is 6.18. The Kier molecular flexibility index (Phi) is 5.39. The molecule has 1 aromatic carbocycles. The van der Waals surface area contributed by atoms with E-state index in [0.717, 1.165) is 5.56 Å². The zero-order chi connectivity index (χ0) is 12.9. The average Bonchev–Trinajstić information content (AvgIpc) is 2.26. The van der Waals surface area contributed by atoms with E-state index in [0.29, 0.717) is 24.5 Å². The van der Waals surface area contributed by atoms with Gasteiger partial charge in [0, 0.05) is 18.6 Å². The molecule has 0 heterocycles. The van der Waals surface area contributed by atoms with E-state index in [1.807, 2.05) is 6.07 Å². The molecule has 0 saturated carbocycles. The Labute approximate surface area is 107 Å². The van der Waals surface area contributed by atoms with Crippen molar-refractivity contribution in [3.05, 3.63) is 34.9 Å². The van der Waals surface area contributed by atoms with Crippen molar-refractivity contribution >= 4 is 21.6 Å². The van der Waals surface area contributed by atoms with Gasteiger partial charge in [-0.2, -0.15) is 0 Å². The van der Waals surface area contributed by atoms with E-state index < -0.39 is 10.0 Å². The lowest BCUT2D eigenvalue weighted by atomic mass is 10.2. The first kappa shape index (κ1) is 14.4. The smallest absolute Gasteiger partial charge is 0.214 e. The quantitative estimate of drug-likeness (QED) is 0.855. The first-order valence-corrected chi connectivity index (χ1v) is 7.33. The Bertz CT molecular complexity index is 462. The molecule has 17 heavy (non-hydrogen) atoms.